The van der Waals surface area contributed by atoms with Gasteiger partial charge in [0.15, 0.2) is 0 Å². The molecule has 0 spiro atoms. The summed E-state index contributed by atoms with van der Waals surface area (Å²) in [6.45, 7) is 1.52. The predicted octanol–water partition coefficient (Wildman–Crippen LogP) is 10.1. The van der Waals surface area contributed by atoms with E-state index in [4.69, 9.17) is 0 Å². The first-order valence-electron chi connectivity index (χ1n) is 17.4. The first kappa shape index (κ1) is 36.6. The van der Waals surface area contributed by atoms with Crippen LogP contribution in [0.4, 0.5) is 39.5 Å². The largest absolute Gasteiger partial charge is 0.416 e. The van der Waals surface area contributed by atoms with Crippen LogP contribution < -0.4 is 10.4 Å². The summed E-state index contributed by atoms with van der Waals surface area (Å²) < 4.78 is 170. The summed E-state index contributed by atoms with van der Waals surface area (Å²) in [4.78, 5) is 0.140. The molecule has 10 rings (SSSR count). The summed E-state index contributed by atoms with van der Waals surface area (Å²) in [5.41, 5.74) is -2.20. The third-order valence-corrected chi connectivity index (χ3v) is 14.3. The third-order valence-electron chi connectivity index (χ3n) is 10.9. The Morgan fingerprint density at radius 2 is 1.00 bits per heavy atom. The van der Waals surface area contributed by atoms with E-state index in [0.29, 0.717) is 65.8 Å². The van der Waals surface area contributed by atoms with Crippen LogP contribution in [0.1, 0.15) is 55.6 Å². The third kappa shape index (κ3) is 5.13. The summed E-state index contributed by atoms with van der Waals surface area (Å²) in [7, 11) is -6.31. The van der Waals surface area contributed by atoms with Crippen molar-refractivity contribution in [3.05, 3.63) is 185 Å². The zero-order chi connectivity index (χ0) is 41.0. The van der Waals surface area contributed by atoms with E-state index >= 15 is 0 Å². The standard InChI is InChI=1S/C44H21F9O3S2/c1-20-10-23(12-25(11-20)42(45,46)47)36-30-15-21-18-33-31(16-22(21)17-32(30)38-28-6-2-4-8-34(28)57(54)40(36)38)37(41-39(33)29-7-3-5-9-35(29)58(41,55)56)24-13-26(43(48,49)50)19-27(14-24)44(51,52)53/h2-19H,1H3. The van der Waals surface area contributed by atoms with Crippen LogP contribution in [0.15, 0.2) is 129 Å². The van der Waals surface area contributed by atoms with Gasteiger partial charge >= 0.3 is 18.5 Å². The van der Waals surface area contributed by atoms with Gasteiger partial charge in [0, 0.05) is 33.4 Å². The lowest BCUT2D eigenvalue weighted by Gasteiger charge is -2.16. The molecule has 1 atom stereocenters. The second-order valence-electron chi connectivity index (χ2n) is 14.4. The van der Waals surface area contributed by atoms with Crippen LogP contribution in [0.5, 0.6) is 0 Å². The maximum absolute atomic E-state index is 14.3. The molecule has 0 saturated carbocycles. The number of hydrogen-bond donors (Lipinski definition) is 0. The summed E-state index contributed by atoms with van der Waals surface area (Å²) >= 11 is 0. The van der Waals surface area contributed by atoms with Crippen LogP contribution in [0.2, 0.25) is 0 Å². The lowest BCUT2D eigenvalue weighted by atomic mass is 9.93. The number of alkyl halides is 9. The quantitative estimate of drug-likeness (QED) is 0.163. The smallest absolute Gasteiger partial charge is 0.249 e. The van der Waals surface area contributed by atoms with Gasteiger partial charge < -0.3 is 0 Å². The summed E-state index contributed by atoms with van der Waals surface area (Å²) in [5.74, 6) is 0. The summed E-state index contributed by atoms with van der Waals surface area (Å²) in [6, 6.07) is 23.7. The average molecular weight is 833 g/mol. The minimum Gasteiger partial charge on any atom is -0.249 e. The Kier molecular flexibility index (Phi) is 7.38. The van der Waals surface area contributed by atoms with Crippen LogP contribution in [0.25, 0.3) is 33.1 Å². The highest BCUT2D eigenvalue weighted by Gasteiger charge is 2.45. The van der Waals surface area contributed by atoms with Gasteiger partial charge in [-0.2, -0.15) is 39.5 Å². The van der Waals surface area contributed by atoms with Gasteiger partial charge in [-0.25, -0.2) is 12.6 Å². The Bertz CT molecular complexity index is 3240. The van der Waals surface area contributed by atoms with E-state index in [1.54, 1.807) is 54.6 Å². The molecule has 3 nitrogen and oxygen atoms in total. The zero-order valence-corrected chi connectivity index (χ0v) is 31.0. The minimum absolute atomic E-state index is 0.0223. The summed E-state index contributed by atoms with van der Waals surface area (Å²) in [5, 5.41) is 1.35. The van der Waals surface area contributed by atoms with Crippen molar-refractivity contribution >= 4 is 53.7 Å². The maximum Gasteiger partial charge on any atom is 0.416 e. The summed E-state index contributed by atoms with van der Waals surface area (Å²) in [6.07, 6.45) is -15.1. The van der Waals surface area contributed by atoms with Crippen LogP contribution in [0.3, 0.4) is 0 Å². The monoisotopic (exact) mass is 832 g/mol. The zero-order valence-electron chi connectivity index (χ0n) is 29.3. The van der Waals surface area contributed by atoms with Crippen molar-refractivity contribution < 1.29 is 52.1 Å². The molecule has 0 bridgehead atoms. The van der Waals surface area contributed by atoms with E-state index in [2.05, 4.69) is 0 Å². The van der Waals surface area contributed by atoms with Crippen LogP contribution >= 0.6 is 0 Å². The second kappa shape index (κ2) is 11.7. The minimum atomic E-state index is -5.22. The highest BCUT2D eigenvalue weighted by atomic mass is 32.2. The van der Waals surface area contributed by atoms with E-state index in [1.165, 1.54) is 31.2 Å². The van der Waals surface area contributed by atoms with Crippen molar-refractivity contribution in [2.75, 3.05) is 0 Å². The number of allylic oxidation sites excluding steroid dienone is 2. The molecule has 0 fully saturated rings. The molecule has 1 unspecified atom stereocenters. The molecule has 2 aliphatic heterocycles. The molecule has 2 heterocycles. The Morgan fingerprint density at radius 1 is 0.500 bits per heavy atom. The lowest BCUT2D eigenvalue weighted by Crippen LogP contribution is -2.16. The number of fused-ring (bicyclic) bond motifs is 9. The number of halogens is 9. The average Bonchev–Trinajstić information content (AvgIpc) is 3.83. The molecule has 0 N–H and O–H groups in total. The Hall–Kier alpha value is -5.73. The molecule has 6 aromatic rings. The van der Waals surface area contributed by atoms with Gasteiger partial charge in [-0.15, -0.1) is 0 Å². The van der Waals surface area contributed by atoms with Crippen LogP contribution in [-0.4, -0.2) is 12.6 Å². The fourth-order valence-electron chi connectivity index (χ4n) is 8.63. The van der Waals surface area contributed by atoms with Crippen LogP contribution in [0, 0.1) is 6.92 Å². The predicted molar refractivity (Wildman–Crippen MR) is 199 cm³/mol. The molecule has 6 aromatic carbocycles. The normalized spacial score (nSPS) is 17.8. The highest BCUT2D eigenvalue weighted by Crippen LogP contribution is 2.52. The molecule has 4 aliphatic rings. The lowest BCUT2D eigenvalue weighted by molar-refractivity contribution is -0.143. The first-order chi connectivity index (χ1) is 27.2. The Balaban J connectivity index is 1.33. The number of rotatable bonds is 2. The van der Waals surface area contributed by atoms with Gasteiger partial charge in [0.25, 0.3) is 0 Å². The van der Waals surface area contributed by atoms with E-state index < -0.39 is 66.3 Å². The second-order valence-corrected chi connectivity index (χ2v) is 17.7. The molecular weight excluding hydrogens is 812 g/mol. The molecule has 0 aromatic heterocycles. The van der Waals surface area contributed by atoms with E-state index in [9.17, 15) is 52.1 Å². The van der Waals surface area contributed by atoms with Gasteiger partial charge in [0.1, 0.15) is 0 Å². The molecule has 14 heteroatoms. The SMILES string of the molecule is Cc1cc(C2=c3cc4cc5c(cc4cc3C3=C2S(=O)c2ccccc23)=C(c2cc(C(F)(F)F)cc(C(F)(F)F)c2)C2=C5c3ccccc3S2(=O)=O)cc(C(F)(F)F)c1. The molecule has 290 valence electrons. The van der Waals surface area contributed by atoms with Crippen molar-refractivity contribution in [2.45, 2.75) is 35.2 Å². The molecular formula is C44H21F9O3S2. The number of aryl methyl sites for hydroxylation is 1. The van der Waals surface area contributed by atoms with E-state index in [-0.39, 0.29) is 44.0 Å². The van der Waals surface area contributed by atoms with Crippen molar-refractivity contribution in [1.29, 1.82) is 0 Å². The van der Waals surface area contributed by atoms with Crippen molar-refractivity contribution in [3.63, 3.8) is 0 Å². The topological polar surface area (TPSA) is 51.2 Å². The van der Waals surface area contributed by atoms with Gasteiger partial charge in [-0.3, -0.25) is 0 Å². The van der Waals surface area contributed by atoms with Crippen molar-refractivity contribution in [1.82, 2.24) is 0 Å². The molecule has 58 heavy (non-hydrogen) atoms. The van der Waals surface area contributed by atoms with E-state index in [0.717, 1.165) is 12.1 Å². The van der Waals surface area contributed by atoms with Gasteiger partial charge in [0.05, 0.1) is 47.1 Å². The molecule has 2 aliphatic carbocycles. The Labute approximate surface area is 325 Å². The fraction of sp³-hybridized carbons (Fsp3) is 0.0909. The number of hydrogen-bond acceptors (Lipinski definition) is 3. The van der Waals surface area contributed by atoms with E-state index in [1.807, 2.05) is 0 Å². The van der Waals surface area contributed by atoms with Gasteiger partial charge in [-0.05, 0) is 123 Å². The van der Waals surface area contributed by atoms with Crippen LogP contribution in [-0.2, 0) is 39.2 Å². The molecule has 0 saturated heterocycles. The van der Waals surface area contributed by atoms with Gasteiger partial charge in [0.2, 0.25) is 9.84 Å². The van der Waals surface area contributed by atoms with Gasteiger partial charge in [-0.1, -0.05) is 42.5 Å². The first-order valence-corrected chi connectivity index (χ1v) is 20.1. The number of sulfone groups is 1. The fourth-order valence-corrected chi connectivity index (χ4v) is 12.2. The maximum atomic E-state index is 14.3. The molecule has 0 amide bonds. The van der Waals surface area contributed by atoms with Crippen molar-refractivity contribution in [2.24, 2.45) is 0 Å². The Morgan fingerprint density at radius 3 is 1.60 bits per heavy atom. The van der Waals surface area contributed by atoms with Crippen molar-refractivity contribution in [3.8, 4) is 0 Å². The highest BCUT2D eigenvalue weighted by molar-refractivity contribution is 7.96. The molecule has 0 radical (unpaired) electrons. The number of benzene rings is 6.